The predicted octanol–water partition coefficient (Wildman–Crippen LogP) is 2.66. The number of aromatic nitrogens is 2. The summed E-state index contributed by atoms with van der Waals surface area (Å²) in [5, 5.41) is 8.74. The molecule has 28 heavy (non-hydrogen) atoms. The van der Waals surface area contributed by atoms with Crippen LogP contribution in [0.25, 0.3) is 0 Å². The van der Waals surface area contributed by atoms with Gasteiger partial charge in [0.2, 0.25) is 5.95 Å². The number of amides is 2. The van der Waals surface area contributed by atoms with Crippen LogP contribution in [0.1, 0.15) is 17.7 Å². The van der Waals surface area contributed by atoms with Gasteiger partial charge in [0, 0.05) is 36.0 Å². The molecular formula is C19H26N6O3. The average Bonchev–Trinajstić information content (AvgIpc) is 2.64. The number of urea groups is 1. The summed E-state index contributed by atoms with van der Waals surface area (Å²) in [7, 11) is 4.08. The third kappa shape index (κ3) is 5.80. The molecule has 0 saturated heterocycles. The van der Waals surface area contributed by atoms with Crippen molar-refractivity contribution in [2.24, 2.45) is 0 Å². The molecule has 1 aromatic heterocycles. The molecule has 3 rings (SSSR count). The van der Waals surface area contributed by atoms with Crippen molar-refractivity contribution in [2.45, 2.75) is 19.8 Å². The third-order valence-corrected chi connectivity index (χ3v) is 4.09. The summed E-state index contributed by atoms with van der Waals surface area (Å²) in [4.78, 5) is 33.1. The number of hydrogen-bond acceptors (Lipinski definition) is 7. The Morgan fingerprint density at radius 1 is 1.21 bits per heavy atom. The molecule has 1 aliphatic rings. The predicted molar refractivity (Wildman–Crippen MR) is 108 cm³/mol. The van der Waals surface area contributed by atoms with Gasteiger partial charge in [0.1, 0.15) is 5.82 Å². The highest BCUT2D eigenvalue weighted by Crippen LogP contribution is 2.26. The monoisotopic (exact) mass is 386 g/mol. The molecule has 0 bridgehead atoms. The number of nitrogens with zero attached hydrogens (tertiary/aromatic N) is 3. The number of carbonyl (C=O) groups excluding carboxylic acids is 1. The lowest BCUT2D eigenvalue weighted by Gasteiger charge is -2.16. The van der Waals surface area contributed by atoms with Crippen LogP contribution >= 0.6 is 0 Å². The van der Waals surface area contributed by atoms with E-state index in [-0.39, 0.29) is 5.95 Å². The van der Waals surface area contributed by atoms with Crippen molar-refractivity contribution >= 4 is 23.5 Å². The first-order chi connectivity index (χ1) is 13.5. The number of nitrogens with one attached hydrogen (secondary N) is 3. The number of hydrogen-bond donors (Lipinski definition) is 3. The van der Waals surface area contributed by atoms with Gasteiger partial charge >= 0.3 is 6.03 Å². The summed E-state index contributed by atoms with van der Waals surface area (Å²) in [6.07, 6.45) is 1.72. The van der Waals surface area contributed by atoms with Gasteiger partial charge in [0.05, 0.1) is 6.61 Å². The quantitative estimate of drug-likeness (QED) is 0.497. The molecule has 0 unspecified atom stereocenters. The van der Waals surface area contributed by atoms with Crippen molar-refractivity contribution in [2.75, 3.05) is 49.7 Å². The molecule has 0 atom stereocenters. The van der Waals surface area contributed by atoms with Gasteiger partial charge in [-0.05, 0) is 52.2 Å². The summed E-state index contributed by atoms with van der Waals surface area (Å²) in [6.45, 7) is 4.13. The fourth-order valence-electron chi connectivity index (χ4n) is 2.78. The van der Waals surface area contributed by atoms with E-state index in [0.717, 1.165) is 37.2 Å². The number of carbonyl (C=O) groups is 1. The first kappa shape index (κ1) is 19.8. The standard InChI is InChI=1S/C19H26N6O3/c1-13-11-17(20-8-4-9-25(2)3)23-18(21-13)24-19(26)22-15-5-6-16-14(12-15)7-10-27-28-16/h5-6,11-12H,4,7-10H2,1-3H3,(H3,20,21,22,23,24,26). The molecule has 0 saturated carbocycles. The fraction of sp³-hybridized carbons (Fsp3) is 0.421. The molecule has 1 aliphatic heterocycles. The summed E-state index contributed by atoms with van der Waals surface area (Å²) >= 11 is 0. The molecule has 2 aromatic rings. The molecular weight excluding hydrogens is 360 g/mol. The van der Waals surface area contributed by atoms with Crippen LogP contribution < -0.4 is 20.8 Å². The molecule has 150 valence electrons. The number of fused-ring (bicyclic) bond motifs is 1. The number of rotatable bonds is 7. The topological polar surface area (TPSA) is 101 Å². The molecule has 9 heteroatoms. The van der Waals surface area contributed by atoms with Crippen molar-refractivity contribution in [3.63, 3.8) is 0 Å². The maximum atomic E-state index is 12.3. The highest BCUT2D eigenvalue weighted by molar-refractivity contribution is 5.98. The minimum Gasteiger partial charge on any atom is -0.370 e. The van der Waals surface area contributed by atoms with Gasteiger partial charge in [-0.2, -0.15) is 9.87 Å². The zero-order valence-electron chi connectivity index (χ0n) is 16.4. The molecule has 0 fully saturated rings. The van der Waals surface area contributed by atoms with Gasteiger partial charge < -0.3 is 20.4 Å². The fourth-order valence-corrected chi connectivity index (χ4v) is 2.78. The summed E-state index contributed by atoms with van der Waals surface area (Å²) < 4.78 is 0. The van der Waals surface area contributed by atoms with Gasteiger partial charge in [-0.1, -0.05) is 0 Å². The number of anilines is 3. The highest BCUT2D eigenvalue weighted by atomic mass is 17.2. The van der Waals surface area contributed by atoms with E-state index in [4.69, 9.17) is 9.78 Å². The Balaban J connectivity index is 1.57. The molecule has 9 nitrogen and oxygen atoms in total. The van der Waals surface area contributed by atoms with Gasteiger partial charge in [-0.15, -0.1) is 0 Å². The zero-order valence-corrected chi connectivity index (χ0v) is 16.4. The van der Waals surface area contributed by atoms with Gasteiger partial charge in [-0.25, -0.2) is 9.78 Å². The summed E-state index contributed by atoms with van der Waals surface area (Å²) in [5.41, 5.74) is 2.42. The lowest BCUT2D eigenvalue weighted by atomic mass is 10.1. The van der Waals surface area contributed by atoms with Crippen molar-refractivity contribution in [3.05, 3.63) is 35.5 Å². The van der Waals surface area contributed by atoms with Crippen LogP contribution in [0.15, 0.2) is 24.3 Å². The largest absolute Gasteiger partial charge is 0.370 e. The van der Waals surface area contributed by atoms with Crippen molar-refractivity contribution in [1.29, 1.82) is 0 Å². The SMILES string of the molecule is Cc1cc(NCCCN(C)C)nc(NC(=O)Nc2ccc3c(c2)CCOO3)n1. The van der Waals surface area contributed by atoms with Gasteiger partial charge in [-0.3, -0.25) is 5.32 Å². The van der Waals surface area contributed by atoms with Crippen LogP contribution in [0.5, 0.6) is 5.75 Å². The molecule has 0 aliphatic carbocycles. The number of benzene rings is 1. The van der Waals surface area contributed by atoms with E-state index in [9.17, 15) is 4.79 Å². The van der Waals surface area contributed by atoms with Crippen LogP contribution in [-0.4, -0.2) is 54.7 Å². The molecule has 0 radical (unpaired) electrons. The van der Waals surface area contributed by atoms with E-state index in [0.29, 0.717) is 23.9 Å². The number of aryl methyl sites for hydroxylation is 1. The van der Waals surface area contributed by atoms with E-state index in [1.54, 1.807) is 12.1 Å². The van der Waals surface area contributed by atoms with Crippen molar-refractivity contribution in [1.82, 2.24) is 14.9 Å². The molecule has 3 N–H and O–H groups in total. The van der Waals surface area contributed by atoms with Crippen LogP contribution in [0.3, 0.4) is 0 Å². The van der Waals surface area contributed by atoms with E-state index in [1.807, 2.05) is 33.2 Å². The molecule has 2 heterocycles. The van der Waals surface area contributed by atoms with Crippen LogP contribution in [0.4, 0.5) is 22.2 Å². The Bertz CT molecular complexity index is 827. The third-order valence-electron chi connectivity index (χ3n) is 4.09. The first-order valence-corrected chi connectivity index (χ1v) is 9.24. The average molecular weight is 386 g/mol. The molecule has 0 spiro atoms. The van der Waals surface area contributed by atoms with Crippen molar-refractivity contribution in [3.8, 4) is 5.75 Å². The highest BCUT2D eigenvalue weighted by Gasteiger charge is 2.13. The Morgan fingerprint density at radius 2 is 2.07 bits per heavy atom. The van der Waals surface area contributed by atoms with Crippen LogP contribution in [0, 0.1) is 6.92 Å². The second kappa shape index (κ2) is 9.34. The van der Waals surface area contributed by atoms with E-state index in [1.165, 1.54) is 0 Å². The Hall–Kier alpha value is -2.91. The minimum atomic E-state index is -0.405. The summed E-state index contributed by atoms with van der Waals surface area (Å²) in [5.74, 6) is 1.61. The summed E-state index contributed by atoms with van der Waals surface area (Å²) in [6, 6.07) is 6.83. The lowest BCUT2D eigenvalue weighted by molar-refractivity contribution is -0.215. The van der Waals surface area contributed by atoms with E-state index < -0.39 is 6.03 Å². The zero-order chi connectivity index (χ0) is 19.9. The minimum absolute atomic E-state index is 0.252. The van der Waals surface area contributed by atoms with Crippen molar-refractivity contribution < 1.29 is 14.6 Å². The van der Waals surface area contributed by atoms with Crippen LogP contribution in [-0.2, 0) is 11.3 Å². The lowest BCUT2D eigenvalue weighted by Crippen LogP contribution is -2.22. The van der Waals surface area contributed by atoms with E-state index in [2.05, 4.69) is 30.8 Å². The molecule has 1 aromatic carbocycles. The maximum absolute atomic E-state index is 12.3. The van der Waals surface area contributed by atoms with E-state index >= 15 is 0 Å². The normalized spacial score (nSPS) is 12.9. The smallest absolute Gasteiger partial charge is 0.326 e. The maximum Gasteiger partial charge on any atom is 0.326 e. The van der Waals surface area contributed by atoms with Gasteiger partial charge in [0.15, 0.2) is 5.75 Å². The second-order valence-electron chi connectivity index (χ2n) is 6.86. The second-order valence-corrected chi connectivity index (χ2v) is 6.86. The molecule has 2 amide bonds. The van der Waals surface area contributed by atoms with Gasteiger partial charge in [0.25, 0.3) is 0 Å². The first-order valence-electron chi connectivity index (χ1n) is 9.24. The Labute approximate surface area is 164 Å². The Kier molecular flexibility index (Phi) is 6.62. The van der Waals surface area contributed by atoms with Crippen LogP contribution in [0.2, 0.25) is 0 Å². The Morgan fingerprint density at radius 3 is 2.89 bits per heavy atom.